The van der Waals surface area contributed by atoms with Crippen LogP contribution in [-0.4, -0.2) is 24.1 Å². The number of aryl methyl sites for hydroxylation is 1. The van der Waals surface area contributed by atoms with E-state index in [4.69, 9.17) is 5.26 Å². The Morgan fingerprint density at radius 3 is 2.85 bits per heavy atom. The molecule has 9 heteroatoms. The highest BCUT2D eigenvalue weighted by atomic mass is 32.2. The summed E-state index contributed by atoms with van der Waals surface area (Å²) in [6, 6.07) is 8.97. The number of fused-ring (bicyclic) bond motifs is 2. The molecule has 0 aliphatic carbocycles. The zero-order valence-electron chi connectivity index (χ0n) is 14.6. The maximum Gasteiger partial charge on any atom is 0.272 e. The zero-order chi connectivity index (χ0) is 19.1. The van der Waals surface area contributed by atoms with E-state index in [1.165, 1.54) is 33.1 Å². The first kappa shape index (κ1) is 17.1. The second kappa shape index (κ2) is 6.41. The van der Waals surface area contributed by atoms with Crippen LogP contribution in [0.2, 0.25) is 0 Å². The van der Waals surface area contributed by atoms with E-state index in [0.29, 0.717) is 33.1 Å². The Morgan fingerprint density at radius 1 is 1.26 bits per heavy atom. The van der Waals surface area contributed by atoms with Crippen LogP contribution in [0.15, 0.2) is 45.2 Å². The standard InChI is InChI=1S/C18H14N6O2S/c1-10-3-4-14-13(5-10)17(26)23(2)18(22-14)27-9-12-6-15(25)24-16(21-12)11(7-19)8-20-24/h3-6,8,20H,9H2,1-2H3. The predicted molar refractivity (Wildman–Crippen MR) is 102 cm³/mol. The Labute approximate surface area is 157 Å². The maximum absolute atomic E-state index is 12.6. The van der Waals surface area contributed by atoms with Crippen LogP contribution in [0.3, 0.4) is 0 Å². The SMILES string of the molecule is Cc1ccc2nc(SCc3cc(=O)n4[nH]cc(C#N)c4n3)n(C)c(=O)c2c1. The van der Waals surface area contributed by atoms with E-state index in [2.05, 4.69) is 15.1 Å². The second-order valence-electron chi connectivity index (χ2n) is 6.11. The largest absolute Gasteiger partial charge is 0.295 e. The van der Waals surface area contributed by atoms with Gasteiger partial charge in [-0.05, 0) is 19.1 Å². The number of nitrogens with zero attached hydrogens (tertiary/aromatic N) is 5. The molecule has 3 heterocycles. The molecule has 0 aliphatic rings. The van der Waals surface area contributed by atoms with Gasteiger partial charge in [0.15, 0.2) is 10.8 Å². The predicted octanol–water partition coefficient (Wildman–Crippen LogP) is 1.74. The summed E-state index contributed by atoms with van der Waals surface area (Å²) >= 11 is 1.31. The Bertz CT molecular complexity index is 1360. The van der Waals surface area contributed by atoms with Gasteiger partial charge in [-0.2, -0.15) is 5.26 Å². The van der Waals surface area contributed by atoms with Crippen LogP contribution >= 0.6 is 11.8 Å². The van der Waals surface area contributed by atoms with E-state index < -0.39 is 0 Å². The lowest BCUT2D eigenvalue weighted by atomic mass is 10.2. The van der Waals surface area contributed by atoms with Gasteiger partial charge in [0, 0.05) is 25.1 Å². The molecule has 27 heavy (non-hydrogen) atoms. The van der Waals surface area contributed by atoms with Crippen LogP contribution in [0.25, 0.3) is 16.6 Å². The van der Waals surface area contributed by atoms with Crippen molar-refractivity contribution in [2.45, 2.75) is 17.8 Å². The number of nitrogens with one attached hydrogen (secondary N) is 1. The molecule has 8 nitrogen and oxygen atoms in total. The minimum absolute atomic E-state index is 0.118. The average Bonchev–Trinajstić information content (AvgIpc) is 3.07. The van der Waals surface area contributed by atoms with Crippen LogP contribution in [0.5, 0.6) is 0 Å². The first-order valence-corrected chi connectivity index (χ1v) is 9.07. The number of aromatic nitrogens is 5. The van der Waals surface area contributed by atoms with E-state index in [1.807, 2.05) is 31.2 Å². The number of benzene rings is 1. The molecule has 1 N–H and O–H groups in total. The molecule has 0 unspecified atom stereocenters. The summed E-state index contributed by atoms with van der Waals surface area (Å²) in [5, 5.41) is 12.9. The van der Waals surface area contributed by atoms with E-state index in [9.17, 15) is 9.59 Å². The van der Waals surface area contributed by atoms with E-state index >= 15 is 0 Å². The van der Waals surface area contributed by atoms with Crippen molar-refractivity contribution in [1.82, 2.24) is 24.1 Å². The van der Waals surface area contributed by atoms with Gasteiger partial charge >= 0.3 is 0 Å². The monoisotopic (exact) mass is 378 g/mol. The lowest BCUT2D eigenvalue weighted by Crippen LogP contribution is -2.20. The van der Waals surface area contributed by atoms with E-state index in [0.717, 1.165) is 5.56 Å². The Balaban J connectivity index is 1.72. The summed E-state index contributed by atoms with van der Waals surface area (Å²) in [5.41, 5.74) is 2.31. The highest BCUT2D eigenvalue weighted by Crippen LogP contribution is 2.21. The summed E-state index contributed by atoms with van der Waals surface area (Å²) in [6.07, 6.45) is 1.44. The molecule has 0 bridgehead atoms. The van der Waals surface area contributed by atoms with Gasteiger partial charge in [-0.25, -0.2) is 14.5 Å². The molecule has 0 spiro atoms. The summed E-state index contributed by atoms with van der Waals surface area (Å²) in [4.78, 5) is 33.7. The number of hydrogen-bond donors (Lipinski definition) is 1. The highest BCUT2D eigenvalue weighted by molar-refractivity contribution is 7.98. The minimum atomic E-state index is -0.298. The Morgan fingerprint density at radius 2 is 2.07 bits per heavy atom. The molecule has 3 aromatic heterocycles. The van der Waals surface area contributed by atoms with Gasteiger partial charge in [-0.3, -0.25) is 19.3 Å². The van der Waals surface area contributed by atoms with Gasteiger partial charge in [0.25, 0.3) is 11.1 Å². The van der Waals surface area contributed by atoms with Crippen molar-refractivity contribution in [3.8, 4) is 6.07 Å². The van der Waals surface area contributed by atoms with Crippen LogP contribution < -0.4 is 11.1 Å². The average molecular weight is 378 g/mol. The molecule has 0 atom stereocenters. The zero-order valence-corrected chi connectivity index (χ0v) is 15.4. The first-order valence-electron chi connectivity index (χ1n) is 8.08. The number of nitriles is 1. The van der Waals surface area contributed by atoms with E-state index in [1.54, 1.807) is 7.05 Å². The molecule has 0 aliphatic heterocycles. The van der Waals surface area contributed by atoms with Gasteiger partial charge in [-0.1, -0.05) is 23.4 Å². The highest BCUT2D eigenvalue weighted by Gasteiger charge is 2.12. The molecule has 4 rings (SSSR count). The fourth-order valence-corrected chi connectivity index (χ4v) is 3.68. The van der Waals surface area contributed by atoms with Crippen molar-refractivity contribution in [1.29, 1.82) is 5.26 Å². The normalized spacial score (nSPS) is 11.1. The van der Waals surface area contributed by atoms with Gasteiger partial charge in [-0.15, -0.1) is 0 Å². The second-order valence-corrected chi connectivity index (χ2v) is 7.05. The smallest absolute Gasteiger partial charge is 0.272 e. The Hall–Kier alpha value is -3.38. The number of H-pyrrole nitrogens is 1. The molecule has 134 valence electrons. The lowest BCUT2D eigenvalue weighted by molar-refractivity contribution is 0.725. The van der Waals surface area contributed by atoms with Crippen LogP contribution in [0, 0.1) is 18.3 Å². The fourth-order valence-electron chi connectivity index (χ4n) is 2.82. The first-order chi connectivity index (χ1) is 13.0. The van der Waals surface area contributed by atoms with Crippen molar-refractivity contribution in [2.24, 2.45) is 7.05 Å². The summed E-state index contributed by atoms with van der Waals surface area (Å²) < 4.78 is 2.72. The number of thioether (sulfide) groups is 1. The van der Waals surface area contributed by atoms with Crippen molar-refractivity contribution < 1.29 is 0 Å². The molecule has 1 aromatic carbocycles. The lowest BCUT2D eigenvalue weighted by Gasteiger charge is -2.09. The molecule has 0 saturated heterocycles. The van der Waals surface area contributed by atoms with Gasteiger partial charge in [0.1, 0.15) is 11.6 Å². The van der Waals surface area contributed by atoms with Gasteiger partial charge < -0.3 is 0 Å². The van der Waals surface area contributed by atoms with Crippen molar-refractivity contribution >= 4 is 28.3 Å². The maximum atomic E-state index is 12.6. The third-order valence-corrected chi connectivity index (χ3v) is 5.27. The van der Waals surface area contributed by atoms with Crippen LogP contribution in [0.1, 0.15) is 16.8 Å². The fraction of sp³-hybridized carbons (Fsp3) is 0.167. The molecular weight excluding hydrogens is 364 g/mol. The Kier molecular flexibility index (Phi) is 4.05. The molecular formula is C18H14N6O2S. The van der Waals surface area contributed by atoms with Gasteiger partial charge in [0.2, 0.25) is 0 Å². The molecule has 0 amide bonds. The third-order valence-electron chi connectivity index (χ3n) is 4.21. The molecule has 0 saturated carbocycles. The summed E-state index contributed by atoms with van der Waals surface area (Å²) in [5.74, 6) is 0.347. The topological polar surface area (TPSA) is 109 Å². The van der Waals surface area contributed by atoms with E-state index in [-0.39, 0.29) is 16.8 Å². The van der Waals surface area contributed by atoms with Crippen molar-refractivity contribution in [3.05, 3.63) is 68.0 Å². The number of aromatic amines is 1. The summed E-state index contributed by atoms with van der Waals surface area (Å²) in [6.45, 7) is 1.93. The third kappa shape index (κ3) is 2.90. The van der Waals surface area contributed by atoms with Crippen LogP contribution in [0.4, 0.5) is 0 Å². The summed E-state index contributed by atoms with van der Waals surface area (Å²) in [7, 11) is 1.67. The minimum Gasteiger partial charge on any atom is -0.295 e. The number of hydrogen-bond acceptors (Lipinski definition) is 6. The quantitative estimate of drug-likeness (QED) is 0.430. The number of rotatable bonds is 3. The molecule has 0 radical (unpaired) electrons. The van der Waals surface area contributed by atoms with Crippen molar-refractivity contribution in [2.75, 3.05) is 0 Å². The van der Waals surface area contributed by atoms with Crippen molar-refractivity contribution in [3.63, 3.8) is 0 Å². The molecule has 0 fully saturated rings. The molecule has 4 aromatic rings. The van der Waals surface area contributed by atoms with Gasteiger partial charge in [0.05, 0.1) is 16.6 Å². The van der Waals surface area contributed by atoms with Crippen LogP contribution in [-0.2, 0) is 12.8 Å².